The minimum absolute atomic E-state index is 0.175. The molecule has 1 atom stereocenters. The molecule has 0 saturated heterocycles. The Morgan fingerprint density at radius 3 is 2.32 bits per heavy atom. The van der Waals surface area contributed by atoms with E-state index in [1.54, 1.807) is 30.3 Å². The number of methoxy groups -OCH3 is 1. The Labute approximate surface area is 129 Å². The molecule has 2 aromatic rings. The summed E-state index contributed by atoms with van der Waals surface area (Å²) in [6, 6.07) is 10.3. The van der Waals surface area contributed by atoms with Crippen LogP contribution in [0.2, 0.25) is 0 Å². The van der Waals surface area contributed by atoms with Crippen molar-refractivity contribution in [2.45, 2.75) is 18.7 Å². The Balaban J connectivity index is 2.60. The van der Waals surface area contributed by atoms with Gasteiger partial charge in [0.05, 0.1) is 12.0 Å². The first-order valence-corrected chi connectivity index (χ1v) is 7.07. The topological polar surface area (TPSA) is 46.5 Å². The highest BCUT2D eigenvalue weighted by Gasteiger charge is 2.63. The van der Waals surface area contributed by atoms with E-state index < -0.39 is 22.6 Å². The number of alkyl halides is 3. The van der Waals surface area contributed by atoms with Crippen LogP contribution in [0.25, 0.3) is 10.4 Å². The smallest absolute Gasteiger partial charge is 0.433 e. The van der Waals surface area contributed by atoms with Crippen molar-refractivity contribution in [2.24, 2.45) is 0 Å². The summed E-state index contributed by atoms with van der Waals surface area (Å²) in [7, 11) is 0.806. The molecule has 3 nitrogen and oxygen atoms in total. The number of hydrogen-bond donors (Lipinski definition) is 1. The Morgan fingerprint density at radius 2 is 1.82 bits per heavy atom. The predicted octanol–water partition coefficient (Wildman–Crippen LogP) is 3.65. The number of rotatable bonds is 3. The van der Waals surface area contributed by atoms with E-state index in [1.165, 1.54) is 13.0 Å². The molecular weight excluding hydrogens is 317 g/mol. The van der Waals surface area contributed by atoms with E-state index in [9.17, 15) is 23.1 Å². The zero-order valence-corrected chi connectivity index (χ0v) is 12.6. The molecule has 118 valence electrons. The fraction of sp³-hybridized carbons (Fsp3) is 0.267. The molecule has 1 N–H and O–H groups in total. The van der Waals surface area contributed by atoms with Crippen LogP contribution in [0.5, 0.6) is 0 Å². The van der Waals surface area contributed by atoms with E-state index in [4.69, 9.17) is 0 Å². The van der Waals surface area contributed by atoms with Crippen molar-refractivity contribution in [3.8, 4) is 10.4 Å². The van der Waals surface area contributed by atoms with Gasteiger partial charge in [0.1, 0.15) is 0 Å². The van der Waals surface area contributed by atoms with Crippen molar-refractivity contribution in [3.05, 3.63) is 46.8 Å². The molecule has 0 bridgehead atoms. The lowest BCUT2D eigenvalue weighted by Crippen LogP contribution is -2.49. The van der Waals surface area contributed by atoms with Gasteiger partial charge in [-0.05, 0) is 24.1 Å². The summed E-state index contributed by atoms with van der Waals surface area (Å²) >= 11 is 0.719. The summed E-state index contributed by atoms with van der Waals surface area (Å²) in [5.74, 6) is -1.75. The van der Waals surface area contributed by atoms with Crippen molar-refractivity contribution in [2.75, 3.05) is 7.11 Å². The van der Waals surface area contributed by atoms with E-state index in [2.05, 4.69) is 4.74 Å². The van der Waals surface area contributed by atoms with Crippen molar-refractivity contribution in [1.82, 2.24) is 0 Å². The van der Waals surface area contributed by atoms with E-state index in [1.807, 2.05) is 0 Å². The van der Waals surface area contributed by atoms with Crippen molar-refractivity contribution < 1.29 is 27.8 Å². The SMILES string of the molecule is COC(=O)C(O)(c1sc(-c2ccccc2)cc1C)C(F)(F)F. The zero-order chi connectivity index (χ0) is 16.5. The molecule has 1 aromatic heterocycles. The largest absolute Gasteiger partial charge is 0.466 e. The summed E-state index contributed by atoms with van der Waals surface area (Å²) in [5.41, 5.74) is -2.78. The normalized spacial score (nSPS) is 14.5. The summed E-state index contributed by atoms with van der Waals surface area (Å²) in [6.45, 7) is 1.41. The average Bonchev–Trinajstić information content (AvgIpc) is 2.87. The molecule has 0 aliphatic heterocycles. The van der Waals surface area contributed by atoms with Crippen LogP contribution in [0.1, 0.15) is 10.4 Å². The molecule has 0 aliphatic rings. The van der Waals surface area contributed by atoms with Gasteiger partial charge in [-0.25, -0.2) is 4.79 Å². The maximum Gasteiger partial charge on any atom is 0.433 e. The van der Waals surface area contributed by atoms with Gasteiger partial charge in [0.15, 0.2) is 0 Å². The Morgan fingerprint density at radius 1 is 1.23 bits per heavy atom. The van der Waals surface area contributed by atoms with Gasteiger partial charge in [0.2, 0.25) is 0 Å². The molecule has 22 heavy (non-hydrogen) atoms. The monoisotopic (exact) mass is 330 g/mol. The van der Waals surface area contributed by atoms with Crippen LogP contribution < -0.4 is 0 Å². The predicted molar refractivity (Wildman–Crippen MR) is 76.5 cm³/mol. The van der Waals surface area contributed by atoms with E-state index in [-0.39, 0.29) is 5.56 Å². The number of aryl methyl sites for hydroxylation is 1. The van der Waals surface area contributed by atoms with Gasteiger partial charge >= 0.3 is 12.1 Å². The number of ether oxygens (including phenoxy) is 1. The van der Waals surface area contributed by atoms with Gasteiger partial charge in [-0.15, -0.1) is 11.3 Å². The summed E-state index contributed by atoms with van der Waals surface area (Å²) in [5, 5.41) is 10.0. The molecule has 1 unspecified atom stereocenters. The second-order valence-corrected chi connectivity index (χ2v) is 5.74. The third kappa shape index (κ3) is 2.62. The minimum Gasteiger partial charge on any atom is -0.466 e. The molecule has 0 amide bonds. The highest BCUT2D eigenvalue weighted by atomic mass is 32.1. The Hall–Kier alpha value is -1.86. The van der Waals surface area contributed by atoms with Crippen LogP contribution in [-0.4, -0.2) is 24.4 Å². The van der Waals surface area contributed by atoms with Crippen LogP contribution in [0.15, 0.2) is 36.4 Å². The van der Waals surface area contributed by atoms with Crippen LogP contribution in [0.4, 0.5) is 13.2 Å². The molecule has 1 aromatic carbocycles. The molecule has 0 aliphatic carbocycles. The van der Waals surface area contributed by atoms with Crippen molar-refractivity contribution >= 4 is 17.3 Å². The lowest BCUT2D eigenvalue weighted by Gasteiger charge is -2.27. The first-order chi connectivity index (χ1) is 10.2. The fourth-order valence-electron chi connectivity index (χ4n) is 2.07. The number of esters is 1. The molecule has 0 spiro atoms. The summed E-state index contributed by atoms with van der Waals surface area (Å²) < 4.78 is 44.0. The second kappa shape index (κ2) is 5.73. The van der Waals surface area contributed by atoms with Crippen molar-refractivity contribution in [1.29, 1.82) is 0 Å². The average molecular weight is 330 g/mol. The van der Waals surface area contributed by atoms with Crippen LogP contribution in [0, 0.1) is 6.92 Å². The summed E-state index contributed by atoms with van der Waals surface area (Å²) in [6.07, 6.45) is -5.18. The van der Waals surface area contributed by atoms with Gasteiger partial charge in [-0.3, -0.25) is 0 Å². The van der Waals surface area contributed by atoms with Gasteiger partial charge in [0, 0.05) is 4.88 Å². The first kappa shape index (κ1) is 16.5. The lowest BCUT2D eigenvalue weighted by atomic mass is 9.98. The molecule has 0 radical (unpaired) electrons. The van der Waals surface area contributed by atoms with Gasteiger partial charge in [0.25, 0.3) is 5.60 Å². The number of carbonyl (C=O) groups excluding carboxylic acids is 1. The number of carbonyl (C=O) groups is 1. The molecule has 7 heteroatoms. The minimum atomic E-state index is -5.18. The van der Waals surface area contributed by atoms with Gasteiger partial charge in [-0.1, -0.05) is 30.3 Å². The molecule has 0 saturated carbocycles. The molecule has 1 heterocycles. The number of aliphatic hydroxyl groups is 1. The van der Waals surface area contributed by atoms with Crippen molar-refractivity contribution in [3.63, 3.8) is 0 Å². The zero-order valence-electron chi connectivity index (χ0n) is 11.8. The van der Waals surface area contributed by atoms with Gasteiger partial charge < -0.3 is 9.84 Å². The maximum absolute atomic E-state index is 13.3. The molecule has 0 fully saturated rings. The molecule has 2 rings (SSSR count). The number of halogens is 3. The molecular formula is C15H13F3O3S. The maximum atomic E-state index is 13.3. The van der Waals surface area contributed by atoms with E-state index in [0.717, 1.165) is 18.4 Å². The first-order valence-electron chi connectivity index (χ1n) is 6.25. The van der Waals surface area contributed by atoms with Crippen LogP contribution in [-0.2, 0) is 15.1 Å². The lowest BCUT2D eigenvalue weighted by molar-refractivity contribution is -0.265. The number of thiophene rings is 1. The summed E-state index contributed by atoms with van der Waals surface area (Å²) in [4.78, 5) is 11.6. The van der Waals surface area contributed by atoms with E-state index in [0.29, 0.717) is 10.4 Å². The Kier molecular flexibility index (Phi) is 4.30. The standard InChI is InChI=1S/C15H13F3O3S/c1-9-8-11(10-6-4-3-5-7-10)22-12(9)14(20,13(19)21-2)15(16,17)18/h3-8,20H,1-2H3. The number of benzene rings is 1. The van der Waals surface area contributed by atoms with Gasteiger partial charge in [-0.2, -0.15) is 13.2 Å². The number of hydrogen-bond acceptors (Lipinski definition) is 4. The fourth-order valence-corrected chi connectivity index (χ4v) is 3.35. The van der Waals surface area contributed by atoms with E-state index >= 15 is 0 Å². The third-order valence-corrected chi connectivity index (χ3v) is 4.59. The van der Waals surface area contributed by atoms with Crippen LogP contribution in [0.3, 0.4) is 0 Å². The Bertz CT molecular complexity index is 679. The highest BCUT2D eigenvalue weighted by Crippen LogP contribution is 2.46. The van der Waals surface area contributed by atoms with Crippen LogP contribution >= 0.6 is 11.3 Å². The third-order valence-electron chi connectivity index (χ3n) is 3.20. The highest BCUT2D eigenvalue weighted by molar-refractivity contribution is 7.16. The quantitative estimate of drug-likeness (QED) is 0.874. The second-order valence-electron chi connectivity index (χ2n) is 4.69.